The number of hydrogen-bond donors (Lipinski definition) is 5. The van der Waals surface area contributed by atoms with Crippen LogP contribution >= 0.6 is 37.9 Å². The summed E-state index contributed by atoms with van der Waals surface area (Å²) in [6.45, 7) is 2.02. The molecule has 0 bridgehead atoms. The van der Waals surface area contributed by atoms with E-state index in [1.54, 1.807) is 0 Å². The molecule has 0 fully saturated rings. The van der Waals surface area contributed by atoms with E-state index in [1.165, 1.54) is 0 Å². The lowest BCUT2D eigenvalue weighted by molar-refractivity contribution is 1.18. The SMILES string of the molecule is Cc1c(S)c2c(S)ccc3c(=N)c(=N)c4ccc(S)c1c4c23. The Hall–Kier alpha value is -1.43. The number of benzene rings is 4. The molecule has 2 nitrogen and oxygen atoms in total. The first-order chi connectivity index (χ1) is 10.4. The summed E-state index contributed by atoms with van der Waals surface area (Å²) in [6.07, 6.45) is 0. The van der Waals surface area contributed by atoms with Crippen LogP contribution in [-0.2, 0) is 0 Å². The number of hydrogen-bond acceptors (Lipinski definition) is 5. The van der Waals surface area contributed by atoms with Gasteiger partial charge in [0.25, 0.3) is 0 Å². The highest BCUT2D eigenvalue weighted by atomic mass is 32.1. The highest BCUT2D eigenvalue weighted by molar-refractivity contribution is 7.81. The van der Waals surface area contributed by atoms with Crippen LogP contribution in [0.2, 0.25) is 0 Å². The molecule has 0 amide bonds. The maximum absolute atomic E-state index is 8.34. The molecule has 108 valence electrons. The molecule has 5 heteroatoms. The first-order valence-electron chi connectivity index (χ1n) is 6.74. The summed E-state index contributed by atoms with van der Waals surface area (Å²) in [5.74, 6) is 0. The lowest BCUT2D eigenvalue weighted by Crippen LogP contribution is -2.25. The van der Waals surface area contributed by atoms with Crippen molar-refractivity contribution in [2.24, 2.45) is 0 Å². The predicted octanol–water partition coefficient (Wildman–Crippen LogP) is 4.16. The first kappa shape index (κ1) is 14.2. The van der Waals surface area contributed by atoms with Gasteiger partial charge in [0.2, 0.25) is 0 Å². The zero-order valence-electron chi connectivity index (χ0n) is 11.7. The Balaban J connectivity index is 2.63. The van der Waals surface area contributed by atoms with Crippen LogP contribution in [0.5, 0.6) is 0 Å². The van der Waals surface area contributed by atoms with E-state index < -0.39 is 0 Å². The lowest BCUT2D eigenvalue weighted by atomic mass is 9.90. The van der Waals surface area contributed by atoms with E-state index in [1.807, 2.05) is 31.2 Å². The Bertz CT molecular complexity index is 1100. The molecule has 0 saturated heterocycles. The topological polar surface area (TPSA) is 47.7 Å². The van der Waals surface area contributed by atoms with Gasteiger partial charge in [-0.2, -0.15) is 0 Å². The van der Waals surface area contributed by atoms with Crippen molar-refractivity contribution in [2.75, 3.05) is 0 Å². The van der Waals surface area contributed by atoms with Crippen molar-refractivity contribution in [3.63, 3.8) is 0 Å². The molecule has 0 aliphatic rings. The molecule has 0 unspecified atom stereocenters. The minimum absolute atomic E-state index is 0.246. The summed E-state index contributed by atoms with van der Waals surface area (Å²) in [5.41, 5.74) is 1.03. The molecule has 0 spiro atoms. The van der Waals surface area contributed by atoms with Gasteiger partial charge in [0.05, 0.1) is 10.7 Å². The van der Waals surface area contributed by atoms with E-state index in [0.717, 1.165) is 52.6 Å². The monoisotopic (exact) mass is 340 g/mol. The Morgan fingerprint density at radius 3 is 1.68 bits per heavy atom. The molecule has 4 rings (SSSR count). The van der Waals surface area contributed by atoms with Gasteiger partial charge in [-0.15, -0.1) is 37.9 Å². The zero-order valence-corrected chi connectivity index (χ0v) is 14.3. The molecule has 0 atom stereocenters. The largest absolute Gasteiger partial charge is 0.298 e. The molecular weight excluding hydrogens is 328 g/mol. The fourth-order valence-electron chi connectivity index (χ4n) is 3.31. The molecule has 22 heavy (non-hydrogen) atoms. The second kappa shape index (κ2) is 4.54. The van der Waals surface area contributed by atoms with Gasteiger partial charge >= 0.3 is 0 Å². The maximum atomic E-state index is 8.34. The molecule has 0 saturated carbocycles. The van der Waals surface area contributed by atoms with Crippen molar-refractivity contribution in [2.45, 2.75) is 21.6 Å². The molecule has 4 aromatic carbocycles. The summed E-state index contributed by atoms with van der Waals surface area (Å²) >= 11 is 13.9. The normalized spacial score (nSPS) is 12.0. The smallest absolute Gasteiger partial charge is 0.0874 e. The maximum Gasteiger partial charge on any atom is 0.0874 e. The third-order valence-corrected chi connectivity index (χ3v) is 5.68. The van der Waals surface area contributed by atoms with Crippen molar-refractivity contribution in [3.8, 4) is 0 Å². The van der Waals surface area contributed by atoms with Gasteiger partial charge in [0.1, 0.15) is 0 Å². The fourth-order valence-corrected chi connectivity index (χ4v) is 4.40. The Morgan fingerprint density at radius 2 is 1.14 bits per heavy atom. The lowest BCUT2D eigenvalue weighted by Gasteiger charge is -2.18. The quantitative estimate of drug-likeness (QED) is 0.236. The van der Waals surface area contributed by atoms with E-state index in [-0.39, 0.29) is 10.7 Å². The van der Waals surface area contributed by atoms with Crippen molar-refractivity contribution < 1.29 is 0 Å². The molecule has 2 N–H and O–H groups in total. The van der Waals surface area contributed by atoms with Crippen LogP contribution in [-0.4, -0.2) is 0 Å². The van der Waals surface area contributed by atoms with Crippen molar-refractivity contribution in [3.05, 3.63) is 40.5 Å². The Kier molecular flexibility index (Phi) is 2.92. The summed E-state index contributed by atoms with van der Waals surface area (Å²) in [4.78, 5) is 2.57. The van der Waals surface area contributed by atoms with Crippen LogP contribution in [0.4, 0.5) is 0 Å². The van der Waals surface area contributed by atoms with Crippen LogP contribution in [0.25, 0.3) is 32.3 Å². The van der Waals surface area contributed by atoms with Crippen molar-refractivity contribution >= 4 is 70.2 Å². The molecule has 0 aliphatic heterocycles. The van der Waals surface area contributed by atoms with E-state index in [9.17, 15) is 0 Å². The first-order valence-corrected chi connectivity index (χ1v) is 8.08. The molecule has 0 heterocycles. The second-order valence-corrected chi connectivity index (χ2v) is 6.90. The van der Waals surface area contributed by atoms with Crippen LogP contribution < -0.4 is 10.7 Å². The van der Waals surface area contributed by atoms with Gasteiger partial charge in [0.15, 0.2) is 0 Å². The van der Waals surface area contributed by atoms with Crippen molar-refractivity contribution in [1.82, 2.24) is 0 Å². The van der Waals surface area contributed by atoms with Gasteiger partial charge in [-0.05, 0) is 24.6 Å². The summed E-state index contributed by atoms with van der Waals surface area (Å²) in [5, 5.41) is 22.6. The summed E-state index contributed by atoms with van der Waals surface area (Å²) in [7, 11) is 0. The number of rotatable bonds is 0. The molecule has 0 aromatic heterocycles. The number of nitrogens with one attached hydrogen (secondary N) is 2. The van der Waals surface area contributed by atoms with E-state index in [0.29, 0.717) is 0 Å². The van der Waals surface area contributed by atoms with Crippen LogP contribution in [0, 0.1) is 17.7 Å². The Labute approximate surface area is 143 Å². The zero-order chi connectivity index (χ0) is 15.8. The molecule has 4 aromatic rings. The Morgan fingerprint density at radius 1 is 0.682 bits per heavy atom. The van der Waals surface area contributed by atoms with E-state index >= 15 is 0 Å². The second-order valence-electron chi connectivity index (χ2n) is 5.49. The minimum Gasteiger partial charge on any atom is -0.298 e. The highest BCUT2D eigenvalue weighted by Gasteiger charge is 2.19. The molecule has 0 radical (unpaired) electrons. The standard InChI is InChI=1S/C17H12N2S3/c1-6-11-9(20)4-2-7-12(11)13-8(16(19)15(7)18)3-5-10(21)14(13)17(6)22/h2-5,18-22H,1H3. The number of aryl methyl sites for hydroxylation is 1. The minimum atomic E-state index is 0.246. The summed E-state index contributed by atoms with van der Waals surface area (Å²) < 4.78 is 0. The van der Waals surface area contributed by atoms with Gasteiger partial charge in [-0.1, -0.05) is 12.1 Å². The van der Waals surface area contributed by atoms with Gasteiger partial charge in [0, 0.05) is 47.0 Å². The van der Waals surface area contributed by atoms with Crippen LogP contribution in [0.3, 0.4) is 0 Å². The van der Waals surface area contributed by atoms with Crippen molar-refractivity contribution in [1.29, 1.82) is 10.8 Å². The van der Waals surface area contributed by atoms with Crippen LogP contribution in [0.15, 0.2) is 39.0 Å². The average molecular weight is 340 g/mol. The third-order valence-electron chi connectivity index (χ3n) is 4.37. The fraction of sp³-hybridized carbons (Fsp3) is 0.0588. The highest BCUT2D eigenvalue weighted by Crippen LogP contribution is 2.42. The van der Waals surface area contributed by atoms with Gasteiger partial charge in [-0.25, -0.2) is 0 Å². The number of thiol groups is 3. The predicted molar refractivity (Wildman–Crippen MR) is 99.5 cm³/mol. The summed E-state index contributed by atoms with van der Waals surface area (Å²) in [6, 6.07) is 7.53. The van der Waals surface area contributed by atoms with Gasteiger partial charge < -0.3 is 0 Å². The van der Waals surface area contributed by atoms with E-state index in [4.69, 9.17) is 23.4 Å². The van der Waals surface area contributed by atoms with Gasteiger partial charge in [-0.3, -0.25) is 10.8 Å². The molecular formula is C17H12N2S3. The molecule has 0 aliphatic carbocycles. The average Bonchev–Trinajstić information content (AvgIpc) is 2.49. The van der Waals surface area contributed by atoms with Crippen LogP contribution in [0.1, 0.15) is 5.56 Å². The van der Waals surface area contributed by atoms with E-state index in [2.05, 4.69) is 25.3 Å². The third kappa shape index (κ3) is 1.56.